The van der Waals surface area contributed by atoms with E-state index in [0.717, 1.165) is 29.8 Å². The van der Waals surface area contributed by atoms with E-state index in [-0.39, 0.29) is 4.90 Å². The van der Waals surface area contributed by atoms with Crippen LogP contribution in [0.1, 0.15) is 28.9 Å². The minimum atomic E-state index is -3.65. The Morgan fingerprint density at radius 2 is 1.91 bits per heavy atom. The molecule has 118 valence electrons. The Balaban J connectivity index is 2.08. The van der Waals surface area contributed by atoms with Crippen molar-refractivity contribution in [1.82, 2.24) is 4.98 Å². The van der Waals surface area contributed by atoms with Gasteiger partial charge in [0.05, 0.1) is 27.9 Å². The lowest BCUT2D eigenvalue weighted by Crippen LogP contribution is -2.36. The van der Waals surface area contributed by atoms with Gasteiger partial charge in [-0.15, -0.1) is 0 Å². The van der Waals surface area contributed by atoms with Crippen molar-refractivity contribution in [1.29, 1.82) is 5.26 Å². The van der Waals surface area contributed by atoms with Crippen LogP contribution < -0.4 is 4.31 Å². The van der Waals surface area contributed by atoms with Gasteiger partial charge in [0.15, 0.2) is 0 Å². The highest BCUT2D eigenvalue weighted by Crippen LogP contribution is 2.32. The second kappa shape index (κ2) is 5.67. The minimum Gasteiger partial charge on any atom is -0.264 e. The fourth-order valence-electron chi connectivity index (χ4n) is 2.73. The first kappa shape index (κ1) is 15.5. The van der Waals surface area contributed by atoms with Gasteiger partial charge in [0.25, 0.3) is 10.0 Å². The smallest absolute Gasteiger partial charge is 0.264 e. The summed E-state index contributed by atoms with van der Waals surface area (Å²) < 4.78 is 27.4. The summed E-state index contributed by atoms with van der Waals surface area (Å²) in [5.74, 6) is 0. The molecule has 1 aliphatic rings. The number of nitriles is 1. The molecule has 1 aliphatic heterocycles. The van der Waals surface area contributed by atoms with Gasteiger partial charge in [-0.25, -0.2) is 8.42 Å². The van der Waals surface area contributed by atoms with Crippen molar-refractivity contribution in [2.75, 3.05) is 10.8 Å². The molecule has 0 amide bonds. The number of hydrogen-bond acceptors (Lipinski definition) is 4. The first-order chi connectivity index (χ1) is 10.9. The number of pyridine rings is 1. The molecule has 0 bridgehead atoms. The SMILES string of the molecule is Cc1cc2c(nc1C)CCCN2S(=O)(=O)c1ccc(C#N)cc1. The Kier molecular flexibility index (Phi) is 3.82. The van der Waals surface area contributed by atoms with Crippen LogP contribution >= 0.6 is 0 Å². The van der Waals surface area contributed by atoms with Crippen molar-refractivity contribution in [3.8, 4) is 6.07 Å². The third-order valence-corrected chi connectivity index (χ3v) is 5.96. The van der Waals surface area contributed by atoms with Crippen LogP contribution in [0, 0.1) is 25.2 Å². The summed E-state index contributed by atoms with van der Waals surface area (Å²) in [6.45, 7) is 4.31. The zero-order valence-corrected chi connectivity index (χ0v) is 13.9. The zero-order chi connectivity index (χ0) is 16.6. The highest BCUT2D eigenvalue weighted by atomic mass is 32.2. The van der Waals surface area contributed by atoms with E-state index < -0.39 is 10.0 Å². The average molecular weight is 327 g/mol. The van der Waals surface area contributed by atoms with E-state index >= 15 is 0 Å². The van der Waals surface area contributed by atoms with Crippen LogP contribution in [0.3, 0.4) is 0 Å². The molecule has 0 N–H and O–H groups in total. The molecule has 23 heavy (non-hydrogen) atoms. The lowest BCUT2D eigenvalue weighted by atomic mass is 10.1. The molecule has 2 heterocycles. The number of aromatic nitrogens is 1. The van der Waals surface area contributed by atoms with Crippen molar-refractivity contribution in [3.63, 3.8) is 0 Å². The van der Waals surface area contributed by atoms with E-state index in [2.05, 4.69) is 4.98 Å². The number of aryl methyl sites for hydroxylation is 3. The van der Waals surface area contributed by atoms with E-state index in [9.17, 15) is 8.42 Å². The number of hydrogen-bond donors (Lipinski definition) is 0. The van der Waals surface area contributed by atoms with Crippen LogP contribution in [0.5, 0.6) is 0 Å². The monoisotopic (exact) mass is 327 g/mol. The summed E-state index contributed by atoms with van der Waals surface area (Å²) in [4.78, 5) is 4.75. The molecule has 1 aromatic heterocycles. The molecule has 0 fully saturated rings. The Hall–Kier alpha value is -2.39. The predicted molar refractivity (Wildman–Crippen MR) is 87.7 cm³/mol. The van der Waals surface area contributed by atoms with Crippen molar-refractivity contribution >= 4 is 15.7 Å². The minimum absolute atomic E-state index is 0.197. The van der Waals surface area contributed by atoms with E-state index in [1.807, 2.05) is 26.0 Å². The van der Waals surface area contributed by atoms with Crippen LogP contribution in [0.15, 0.2) is 35.2 Å². The van der Waals surface area contributed by atoms with Crippen LogP contribution in [-0.2, 0) is 16.4 Å². The van der Waals surface area contributed by atoms with Crippen molar-refractivity contribution in [2.24, 2.45) is 0 Å². The molecule has 0 unspecified atom stereocenters. The molecule has 0 aliphatic carbocycles. The summed E-state index contributed by atoms with van der Waals surface area (Å²) in [5, 5.41) is 8.85. The molecule has 1 aromatic carbocycles. The van der Waals surface area contributed by atoms with Crippen molar-refractivity contribution < 1.29 is 8.42 Å². The summed E-state index contributed by atoms with van der Waals surface area (Å²) in [5.41, 5.74) is 3.85. The van der Waals surface area contributed by atoms with E-state index in [1.54, 1.807) is 0 Å². The average Bonchev–Trinajstić information content (AvgIpc) is 2.55. The summed E-state index contributed by atoms with van der Waals surface area (Å²) in [7, 11) is -3.65. The van der Waals surface area contributed by atoms with Gasteiger partial charge in [-0.05, 0) is 62.6 Å². The first-order valence-corrected chi connectivity index (χ1v) is 8.87. The maximum atomic E-state index is 13.0. The number of anilines is 1. The maximum Gasteiger partial charge on any atom is 0.264 e. The fraction of sp³-hybridized carbons (Fsp3) is 0.294. The van der Waals surface area contributed by atoms with Gasteiger partial charge in [0.1, 0.15) is 0 Å². The van der Waals surface area contributed by atoms with Gasteiger partial charge in [-0.2, -0.15) is 5.26 Å². The molecular formula is C17H17N3O2S. The van der Waals surface area contributed by atoms with Gasteiger partial charge in [0.2, 0.25) is 0 Å². The first-order valence-electron chi connectivity index (χ1n) is 7.43. The number of sulfonamides is 1. The van der Waals surface area contributed by atoms with E-state index in [4.69, 9.17) is 5.26 Å². The lowest BCUT2D eigenvalue weighted by Gasteiger charge is -2.30. The Morgan fingerprint density at radius 3 is 2.57 bits per heavy atom. The van der Waals surface area contributed by atoms with Gasteiger partial charge in [0, 0.05) is 12.2 Å². The third-order valence-electron chi connectivity index (χ3n) is 4.14. The van der Waals surface area contributed by atoms with Gasteiger partial charge in [-0.1, -0.05) is 0 Å². The predicted octanol–water partition coefficient (Wildman–Crippen LogP) is 2.71. The van der Waals surface area contributed by atoms with E-state index in [0.29, 0.717) is 17.8 Å². The highest BCUT2D eigenvalue weighted by molar-refractivity contribution is 7.92. The molecule has 5 nitrogen and oxygen atoms in total. The Labute approximate surface area is 136 Å². The molecule has 0 atom stereocenters. The lowest BCUT2D eigenvalue weighted by molar-refractivity contribution is 0.585. The second-order valence-corrected chi connectivity index (χ2v) is 7.54. The molecule has 0 saturated heterocycles. The van der Waals surface area contributed by atoms with Gasteiger partial charge >= 0.3 is 0 Å². The van der Waals surface area contributed by atoms with Gasteiger partial charge < -0.3 is 0 Å². The fourth-order valence-corrected chi connectivity index (χ4v) is 4.25. The number of benzene rings is 1. The third kappa shape index (κ3) is 2.68. The van der Waals surface area contributed by atoms with Crippen LogP contribution in [-0.4, -0.2) is 19.9 Å². The topological polar surface area (TPSA) is 74.1 Å². The molecule has 0 radical (unpaired) electrons. The quantitative estimate of drug-likeness (QED) is 0.850. The Bertz CT molecular complexity index is 897. The summed E-state index contributed by atoms with van der Waals surface area (Å²) >= 11 is 0. The number of nitrogens with zero attached hydrogens (tertiary/aromatic N) is 3. The van der Waals surface area contributed by atoms with Gasteiger partial charge in [-0.3, -0.25) is 9.29 Å². The molecule has 0 spiro atoms. The Morgan fingerprint density at radius 1 is 1.22 bits per heavy atom. The molecule has 6 heteroatoms. The second-order valence-electron chi connectivity index (χ2n) is 5.67. The van der Waals surface area contributed by atoms with Crippen LogP contribution in [0.2, 0.25) is 0 Å². The molecule has 0 saturated carbocycles. The number of rotatable bonds is 2. The molecule has 2 aromatic rings. The van der Waals surface area contributed by atoms with E-state index in [1.165, 1.54) is 28.6 Å². The molecule has 3 rings (SSSR count). The standard InChI is InChI=1S/C17H17N3O2S/c1-12-10-17-16(19-13(12)2)4-3-9-20(17)23(21,22)15-7-5-14(11-18)6-8-15/h5-8,10H,3-4,9H2,1-2H3. The highest BCUT2D eigenvalue weighted by Gasteiger charge is 2.30. The maximum absolute atomic E-state index is 13.0. The normalized spacial score (nSPS) is 14.2. The summed E-state index contributed by atoms with van der Waals surface area (Å²) in [6.07, 6.45) is 1.54. The largest absolute Gasteiger partial charge is 0.264 e. The molecular weight excluding hydrogens is 310 g/mol. The van der Waals surface area contributed by atoms with Crippen LogP contribution in [0.25, 0.3) is 0 Å². The van der Waals surface area contributed by atoms with Crippen molar-refractivity contribution in [2.45, 2.75) is 31.6 Å². The van der Waals surface area contributed by atoms with Crippen molar-refractivity contribution in [3.05, 3.63) is 52.8 Å². The van der Waals surface area contributed by atoms with Crippen LogP contribution in [0.4, 0.5) is 5.69 Å². The summed E-state index contributed by atoms with van der Waals surface area (Å²) in [6, 6.07) is 9.91. The number of fused-ring (bicyclic) bond motifs is 1. The zero-order valence-electron chi connectivity index (χ0n) is 13.1.